The van der Waals surface area contributed by atoms with Gasteiger partial charge in [0.05, 0.1) is 17.4 Å². The molecule has 3 amide bonds. The van der Waals surface area contributed by atoms with Crippen LogP contribution in [0.1, 0.15) is 59.4 Å². The van der Waals surface area contributed by atoms with Gasteiger partial charge in [-0.1, -0.05) is 72.6 Å². The Morgan fingerprint density at radius 1 is 0.809 bits per heavy atom. The molecule has 4 rings (SSSR count). The summed E-state index contributed by atoms with van der Waals surface area (Å²) in [6.07, 6.45) is 3.91. The van der Waals surface area contributed by atoms with Gasteiger partial charge in [-0.2, -0.15) is 0 Å². The largest absolute Gasteiger partial charge is 0.462 e. The second-order valence-electron chi connectivity index (χ2n) is 10.5. The third-order valence-corrected chi connectivity index (χ3v) is 8.69. The van der Waals surface area contributed by atoms with Crippen LogP contribution in [-0.2, 0) is 14.3 Å². The predicted molar refractivity (Wildman–Crippen MR) is 191 cm³/mol. The Morgan fingerprint density at radius 3 is 2.26 bits per heavy atom. The molecule has 0 spiro atoms. The molecule has 0 aliphatic carbocycles. The van der Waals surface area contributed by atoms with Gasteiger partial charge < -0.3 is 20.7 Å². The van der Waals surface area contributed by atoms with E-state index >= 15 is 0 Å². The molecule has 0 bridgehead atoms. The van der Waals surface area contributed by atoms with Gasteiger partial charge in [-0.3, -0.25) is 14.4 Å². The Balaban J connectivity index is 1.43. The van der Waals surface area contributed by atoms with E-state index < -0.39 is 17.1 Å². The number of benzene rings is 4. The molecule has 0 saturated carbocycles. The topological polar surface area (TPSA) is 114 Å². The molecule has 0 radical (unpaired) electrons. The molecular weight excluding hydrogens is 678 g/mol. The molecule has 47 heavy (non-hydrogen) atoms. The van der Waals surface area contributed by atoms with E-state index in [0.717, 1.165) is 27.8 Å². The molecule has 0 aliphatic heterocycles. The number of unbranched alkanes of at least 4 members (excludes halogenated alkanes) is 1. The van der Waals surface area contributed by atoms with Gasteiger partial charge in [0.25, 0.3) is 11.8 Å². The molecule has 0 aromatic heterocycles. The zero-order valence-corrected chi connectivity index (χ0v) is 28.5. The van der Waals surface area contributed by atoms with Crippen LogP contribution < -0.4 is 16.0 Å². The summed E-state index contributed by atoms with van der Waals surface area (Å²) in [6.45, 7) is 4.33. The minimum Gasteiger partial charge on any atom is -0.462 e. The van der Waals surface area contributed by atoms with Crippen LogP contribution in [-0.4, -0.2) is 35.5 Å². The second-order valence-corrected chi connectivity index (χ2v) is 12.7. The number of esters is 1. The van der Waals surface area contributed by atoms with E-state index in [9.17, 15) is 19.2 Å². The van der Waals surface area contributed by atoms with Gasteiger partial charge >= 0.3 is 5.97 Å². The first-order valence-electron chi connectivity index (χ1n) is 15.3. The lowest BCUT2D eigenvalue weighted by Crippen LogP contribution is -2.30. The average Bonchev–Trinajstić information content (AvgIpc) is 3.07. The molecular formula is C37H36BrN3O5S. The first-order valence-corrected chi connectivity index (χ1v) is 16.9. The maximum absolute atomic E-state index is 13.5. The van der Waals surface area contributed by atoms with Gasteiger partial charge in [0.15, 0.2) is 0 Å². The SMILES string of the molecule is CCCCOC(=O)c1ccc(NC(=O)C(CC)Sc2cccc(NC(=O)/C(=C\c3cccc(Br)c3)NC(=O)c3ccccc3)c2)cc1. The molecule has 4 aromatic rings. The van der Waals surface area contributed by atoms with E-state index in [1.54, 1.807) is 72.8 Å². The highest BCUT2D eigenvalue weighted by Gasteiger charge is 2.20. The van der Waals surface area contributed by atoms with Crippen molar-refractivity contribution in [2.45, 2.75) is 43.3 Å². The van der Waals surface area contributed by atoms with Crippen LogP contribution >= 0.6 is 27.7 Å². The van der Waals surface area contributed by atoms with E-state index in [-0.39, 0.29) is 17.6 Å². The highest BCUT2D eigenvalue weighted by atomic mass is 79.9. The minimum absolute atomic E-state index is 0.0704. The van der Waals surface area contributed by atoms with Crippen molar-refractivity contribution in [2.75, 3.05) is 17.2 Å². The Bertz CT molecular complexity index is 1730. The Morgan fingerprint density at radius 2 is 1.55 bits per heavy atom. The number of anilines is 2. The number of halogens is 1. The summed E-state index contributed by atoms with van der Waals surface area (Å²) < 4.78 is 6.08. The zero-order valence-electron chi connectivity index (χ0n) is 26.1. The number of nitrogens with one attached hydrogen (secondary N) is 3. The van der Waals surface area contributed by atoms with Crippen molar-refractivity contribution in [3.8, 4) is 0 Å². The molecule has 0 aliphatic rings. The van der Waals surface area contributed by atoms with E-state index in [1.165, 1.54) is 11.8 Å². The van der Waals surface area contributed by atoms with Crippen LogP contribution in [0.15, 0.2) is 118 Å². The van der Waals surface area contributed by atoms with Crippen molar-refractivity contribution >= 4 is 68.8 Å². The molecule has 4 aromatic carbocycles. The number of thioether (sulfide) groups is 1. The van der Waals surface area contributed by atoms with E-state index in [2.05, 4.69) is 31.9 Å². The number of amides is 3. The summed E-state index contributed by atoms with van der Waals surface area (Å²) in [5.74, 6) is -1.49. The monoisotopic (exact) mass is 713 g/mol. The Kier molecular flexibility index (Phi) is 13.4. The molecule has 8 nitrogen and oxygen atoms in total. The standard InChI is InChI=1S/C37H36BrN3O5S/c1-3-5-21-46-37(45)27-17-19-29(20-18-27)39-36(44)33(4-2)47-31-16-10-15-30(24-31)40-35(43)32(23-25-11-9-14-28(38)22-25)41-34(42)26-12-7-6-8-13-26/h6-20,22-24,33H,3-5,21H2,1-2H3,(H,39,44)(H,40,43)(H,41,42)/b32-23+. The number of carbonyl (C=O) groups is 4. The molecule has 0 fully saturated rings. The average molecular weight is 715 g/mol. The molecule has 1 atom stereocenters. The fourth-order valence-corrected chi connectivity index (χ4v) is 5.77. The first-order chi connectivity index (χ1) is 22.7. The lowest BCUT2D eigenvalue weighted by molar-refractivity contribution is -0.116. The third kappa shape index (κ3) is 11.0. The number of hydrogen-bond donors (Lipinski definition) is 3. The zero-order chi connectivity index (χ0) is 33.6. The van der Waals surface area contributed by atoms with Crippen molar-refractivity contribution < 1.29 is 23.9 Å². The Hall–Kier alpha value is -4.67. The fraction of sp³-hybridized carbons (Fsp3) is 0.189. The van der Waals surface area contributed by atoms with Crippen LogP contribution in [0, 0.1) is 0 Å². The van der Waals surface area contributed by atoms with Crippen molar-refractivity contribution in [1.82, 2.24) is 5.32 Å². The summed E-state index contributed by atoms with van der Waals surface area (Å²) in [7, 11) is 0. The van der Waals surface area contributed by atoms with Gasteiger partial charge in [-0.15, -0.1) is 11.8 Å². The quantitative estimate of drug-likeness (QED) is 0.0524. The van der Waals surface area contributed by atoms with Gasteiger partial charge in [-0.25, -0.2) is 4.79 Å². The highest BCUT2D eigenvalue weighted by Crippen LogP contribution is 2.29. The predicted octanol–water partition coefficient (Wildman–Crippen LogP) is 8.33. The van der Waals surface area contributed by atoms with Crippen LogP contribution in [0.3, 0.4) is 0 Å². The maximum Gasteiger partial charge on any atom is 0.338 e. The van der Waals surface area contributed by atoms with Gasteiger partial charge in [0.1, 0.15) is 5.70 Å². The molecule has 10 heteroatoms. The summed E-state index contributed by atoms with van der Waals surface area (Å²) in [6, 6.07) is 29.8. The van der Waals surface area contributed by atoms with Gasteiger partial charge in [0.2, 0.25) is 5.91 Å². The van der Waals surface area contributed by atoms with E-state index in [1.807, 2.05) is 50.2 Å². The van der Waals surface area contributed by atoms with Crippen LogP contribution in [0.25, 0.3) is 6.08 Å². The molecule has 242 valence electrons. The lowest BCUT2D eigenvalue weighted by Gasteiger charge is -2.16. The number of ether oxygens (including phenoxy) is 1. The lowest BCUT2D eigenvalue weighted by atomic mass is 10.1. The summed E-state index contributed by atoms with van der Waals surface area (Å²) in [4.78, 5) is 52.6. The molecule has 1 unspecified atom stereocenters. The number of carbonyl (C=O) groups excluding carboxylic acids is 4. The molecule has 0 saturated heterocycles. The van der Waals surface area contributed by atoms with Crippen molar-refractivity contribution in [3.05, 3.63) is 130 Å². The Labute approximate surface area is 287 Å². The maximum atomic E-state index is 13.5. The number of hydrogen-bond acceptors (Lipinski definition) is 6. The summed E-state index contributed by atoms with van der Waals surface area (Å²) in [5.41, 5.74) is 2.71. The summed E-state index contributed by atoms with van der Waals surface area (Å²) in [5, 5.41) is 8.13. The smallest absolute Gasteiger partial charge is 0.338 e. The first kappa shape index (κ1) is 35.2. The second kappa shape index (κ2) is 17.9. The minimum atomic E-state index is -0.501. The van der Waals surface area contributed by atoms with Crippen molar-refractivity contribution in [2.24, 2.45) is 0 Å². The normalized spacial score (nSPS) is 11.7. The number of rotatable bonds is 14. The third-order valence-electron chi connectivity index (χ3n) is 6.84. The van der Waals surface area contributed by atoms with Crippen molar-refractivity contribution in [1.29, 1.82) is 0 Å². The molecule has 3 N–H and O–H groups in total. The summed E-state index contributed by atoms with van der Waals surface area (Å²) >= 11 is 4.82. The van der Waals surface area contributed by atoms with Crippen LogP contribution in [0.4, 0.5) is 11.4 Å². The van der Waals surface area contributed by atoms with Gasteiger partial charge in [-0.05, 0) is 91.2 Å². The van der Waals surface area contributed by atoms with Crippen LogP contribution in [0.5, 0.6) is 0 Å². The fourth-order valence-electron chi connectivity index (χ4n) is 4.34. The van der Waals surface area contributed by atoms with E-state index in [0.29, 0.717) is 35.5 Å². The van der Waals surface area contributed by atoms with Crippen molar-refractivity contribution in [3.63, 3.8) is 0 Å². The van der Waals surface area contributed by atoms with Crippen LogP contribution in [0.2, 0.25) is 0 Å². The van der Waals surface area contributed by atoms with E-state index in [4.69, 9.17) is 4.74 Å². The van der Waals surface area contributed by atoms with Gasteiger partial charge in [0, 0.05) is 26.3 Å². The highest BCUT2D eigenvalue weighted by molar-refractivity contribution is 9.10. The molecule has 0 heterocycles.